The van der Waals surface area contributed by atoms with E-state index in [4.69, 9.17) is 23.2 Å². The minimum atomic E-state index is -0.462. The van der Waals surface area contributed by atoms with Crippen LogP contribution in [0.25, 0.3) is 0 Å². The van der Waals surface area contributed by atoms with Crippen molar-refractivity contribution in [3.05, 3.63) is 51.5 Å². The Hall–Kier alpha value is -1.10. The van der Waals surface area contributed by atoms with Crippen molar-refractivity contribution in [3.8, 4) is 0 Å². The summed E-state index contributed by atoms with van der Waals surface area (Å²) in [7, 11) is 1.85. The number of hydrogen-bond donors (Lipinski definition) is 1. The minimum absolute atomic E-state index is 0.0682. The Morgan fingerprint density at radius 3 is 2.79 bits per heavy atom. The lowest BCUT2D eigenvalue weighted by atomic mass is 10.1. The van der Waals surface area contributed by atoms with Crippen molar-refractivity contribution in [1.29, 1.82) is 0 Å². The highest BCUT2D eigenvalue weighted by Crippen LogP contribution is 2.32. The maximum Gasteiger partial charge on any atom is 0.142 e. The number of rotatable bonds is 4. The molecule has 0 bridgehead atoms. The molecular weight excluding hydrogens is 288 g/mol. The Labute approximate surface area is 121 Å². The molecule has 1 aromatic heterocycles. The molecule has 1 atom stereocenters. The van der Waals surface area contributed by atoms with E-state index in [9.17, 15) is 4.39 Å². The largest absolute Gasteiger partial charge is 0.306 e. The van der Waals surface area contributed by atoms with Crippen molar-refractivity contribution in [2.75, 3.05) is 0 Å². The quantitative estimate of drug-likeness (QED) is 0.872. The Kier molecular flexibility index (Phi) is 4.45. The van der Waals surface area contributed by atoms with Gasteiger partial charge in [-0.3, -0.25) is 4.68 Å². The van der Waals surface area contributed by atoms with Crippen molar-refractivity contribution < 1.29 is 4.39 Å². The predicted octanol–water partition coefficient (Wildman–Crippen LogP) is 3.72. The molecule has 19 heavy (non-hydrogen) atoms. The second kappa shape index (κ2) is 5.90. The van der Waals surface area contributed by atoms with E-state index in [-0.39, 0.29) is 11.1 Å². The van der Waals surface area contributed by atoms with Gasteiger partial charge in [0.05, 0.1) is 11.2 Å². The lowest BCUT2D eigenvalue weighted by Crippen LogP contribution is -2.18. The summed E-state index contributed by atoms with van der Waals surface area (Å²) in [4.78, 5) is 0. The lowest BCUT2D eigenvalue weighted by Gasteiger charge is -2.17. The fraction of sp³-hybridized carbons (Fsp3) is 0.308. The van der Waals surface area contributed by atoms with Gasteiger partial charge in [-0.2, -0.15) is 5.10 Å². The first kappa shape index (κ1) is 14.3. The summed E-state index contributed by atoms with van der Waals surface area (Å²) in [6, 6.07) is 2.62. The van der Waals surface area contributed by atoms with Crippen LogP contribution in [0, 0.1) is 5.82 Å². The standard InChI is InChI=1S/C13H14Cl2FN3/c1-8(17-5-9-6-18-19(2)7-9)12-10(14)3-4-11(16)13(12)15/h3-4,6-8,17H,5H2,1-2H3. The van der Waals surface area contributed by atoms with Gasteiger partial charge >= 0.3 is 0 Å². The van der Waals surface area contributed by atoms with Gasteiger partial charge in [0.15, 0.2) is 0 Å². The van der Waals surface area contributed by atoms with Crippen molar-refractivity contribution in [1.82, 2.24) is 15.1 Å². The van der Waals surface area contributed by atoms with E-state index < -0.39 is 5.82 Å². The van der Waals surface area contributed by atoms with Gasteiger partial charge in [-0.15, -0.1) is 0 Å². The van der Waals surface area contributed by atoms with Crippen LogP contribution in [0.4, 0.5) is 4.39 Å². The maximum atomic E-state index is 13.5. The summed E-state index contributed by atoms with van der Waals surface area (Å²) in [5.41, 5.74) is 1.62. The molecule has 1 heterocycles. The van der Waals surface area contributed by atoms with Crippen LogP contribution in [-0.2, 0) is 13.6 Å². The zero-order chi connectivity index (χ0) is 14.0. The fourth-order valence-electron chi connectivity index (χ4n) is 1.88. The molecule has 0 aliphatic heterocycles. The molecule has 6 heteroatoms. The molecule has 0 aliphatic rings. The van der Waals surface area contributed by atoms with Crippen LogP contribution in [0.5, 0.6) is 0 Å². The van der Waals surface area contributed by atoms with E-state index in [2.05, 4.69) is 10.4 Å². The van der Waals surface area contributed by atoms with Gasteiger partial charge < -0.3 is 5.32 Å². The van der Waals surface area contributed by atoms with Crippen molar-refractivity contribution in [3.63, 3.8) is 0 Å². The Morgan fingerprint density at radius 1 is 1.42 bits per heavy atom. The van der Waals surface area contributed by atoms with Gasteiger partial charge in [-0.1, -0.05) is 23.2 Å². The number of aryl methyl sites for hydroxylation is 1. The molecule has 1 aromatic carbocycles. The second-order valence-corrected chi connectivity index (χ2v) is 5.17. The Morgan fingerprint density at radius 2 is 2.16 bits per heavy atom. The zero-order valence-electron chi connectivity index (χ0n) is 10.6. The summed E-state index contributed by atoms with van der Waals surface area (Å²) in [5, 5.41) is 7.85. The second-order valence-electron chi connectivity index (χ2n) is 4.38. The van der Waals surface area contributed by atoms with E-state index in [1.54, 1.807) is 10.9 Å². The first-order valence-corrected chi connectivity index (χ1v) is 6.59. The van der Waals surface area contributed by atoms with Gasteiger partial charge in [0.25, 0.3) is 0 Å². The molecule has 0 amide bonds. The Balaban J connectivity index is 2.12. The highest BCUT2D eigenvalue weighted by molar-refractivity contribution is 6.36. The minimum Gasteiger partial charge on any atom is -0.306 e. The SMILES string of the molecule is CC(NCc1cnn(C)c1)c1c(Cl)ccc(F)c1Cl. The average molecular weight is 302 g/mol. The molecule has 0 fully saturated rings. The van der Waals surface area contributed by atoms with E-state index in [0.717, 1.165) is 5.56 Å². The average Bonchev–Trinajstić information content (AvgIpc) is 2.78. The molecule has 0 saturated heterocycles. The van der Waals surface area contributed by atoms with Crippen molar-refractivity contribution in [2.45, 2.75) is 19.5 Å². The van der Waals surface area contributed by atoms with Crippen LogP contribution in [0.3, 0.4) is 0 Å². The molecule has 102 valence electrons. The lowest BCUT2D eigenvalue weighted by molar-refractivity contribution is 0.565. The van der Waals surface area contributed by atoms with Crippen molar-refractivity contribution in [2.24, 2.45) is 7.05 Å². The van der Waals surface area contributed by atoms with E-state index in [0.29, 0.717) is 17.1 Å². The normalized spacial score (nSPS) is 12.7. The summed E-state index contributed by atoms with van der Waals surface area (Å²) in [6.45, 7) is 2.50. The van der Waals surface area contributed by atoms with Gasteiger partial charge in [0, 0.05) is 42.0 Å². The van der Waals surface area contributed by atoms with E-state index >= 15 is 0 Å². The number of aromatic nitrogens is 2. The fourth-order valence-corrected chi connectivity index (χ4v) is 2.57. The summed E-state index contributed by atoms with van der Waals surface area (Å²) < 4.78 is 15.2. The summed E-state index contributed by atoms with van der Waals surface area (Å²) >= 11 is 12.0. The third-order valence-corrected chi connectivity index (χ3v) is 3.60. The monoisotopic (exact) mass is 301 g/mol. The van der Waals surface area contributed by atoms with E-state index in [1.165, 1.54) is 12.1 Å². The molecule has 0 spiro atoms. The number of halogens is 3. The number of nitrogens with one attached hydrogen (secondary N) is 1. The zero-order valence-corrected chi connectivity index (χ0v) is 12.1. The first-order chi connectivity index (χ1) is 8.99. The molecule has 2 aromatic rings. The van der Waals surface area contributed by atoms with Crippen LogP contribution in [0.1, 0.15) is 24.1 Å². The smallest absolute Gasteiger partial charge is 0.142 e. The third kappa shape index (κ3) is 3.26. The van der Waals surface area contributed by atoms with Crippen molar-refractivity contribution >= 4 is 23.2 Å². The first-order valence-electron chi connectivity index (χ1n) is 5.83. The molecule has 0 saturated carbocycles. The van der Waals surface area contributed by atoms with Gasteiger partial charge in [-0.05, 0) is 19.1 Å². The van der Waals surface area contributed by atoms with Crippen LogP contribution in [-0.4, -0.2) is 9.78 Å². The summed E-state index contributed by atoms with van der Waals surface area (Å²) in [5.74, 6) is -0.462. The van der Waals surface area contributed by atoms with Crippen LogP contribution < -0.4 is 5.32 Å². The molecule has 1 unspecified atom stereocenters. The van der Waals surface area contributed by atoms with Gasteiger partial charge in [0.2, 0.25) is 0 Å². The number of hydrogen-bond acceptors (Lipinski definition) is 2. The topological polar surface area (TPSA) is 29.9 Å². The molecule has 0 aliphatic carbocycles. The molecular formula is C13H14Cl2FN3. The third-order valence-electron chi connectivity index (χ3n) is 2.88. The highest BCUT2D eigenvalue weighted by Gasteiger charge is 2.16. The van der Waals surface area contributed by atoms with Gasteiger partial charge in [0.1, 0.15) is 5.82 Å². The van der Waals surface area contributed by atoms with E-state index in [1.807, 2.05) is 20.2 Å². The van der Waals surface area contributed by atoms with Gasteiger partial charge in [-0.25, -0.2) is 4.39 Å². The summed E-state index contributed by atoms with van der Waals surface area (Å²) in [6.07, 6.45) is 3.68. The highest BCUT2D eigenvalue weighted by atomic mass is 35.5. The number of benzene rings is 1. The molecule has 0 radical (unpaired) electrons. The number of nitrogens with zero attached hydrogens (tertiary/aromatic N) is 2. The molecule has 1 N–H and O–H groups in total. The van der Waals surface area contributed by atoms with Crippen LogP contribution >= 0.6 is 23.2 Å². The maximum absolute atomic E-state index is 13.5. The predicted molar refractivity (Wildman–Crippen MR) is 74.9 cm³/mol. The molecule has 2 rings (SSSR count). The van der Waals surface area contributed by atoms with Crippen LogP contribution in [0.2, 0.25) is 10.0 Å². The van der Waals surface area contributed by atoms with Crippen LogP contribution in [0.15, 0.2) is 24.5 Å². The molecule has 3 nitrogen and oxygen atoms in total. The Bertz CT molecular complexity index is 583.